The molecule has 0 heterocycles. The Morgan fingerprint density at radius 2 is 2.17 bits per heavy atom. The smallest absolute Gasteiger partial charge is 0.405 e. The maximum absolute atomic E-state index is 10.7. The number of benzene rings is 1. The minimum Gasteiger partial charge on any atom is -0.497 e. The van der Waals surface area contributed by atoms with Gasteiger partial charge in [-0.3, -0.25) is 0 Å². The Morgan fingerprint density at radius 1 is 1.50 bits per heavy atom. The molecule has 0 aliphatic heterocycles. The van der Waals surface area contributed by atoms with E-state index in [2.05, 4.69) is 0 Å². The number of nitrogens with two attached hydrogens (primary N) is 1. The third-order valence-electron chi connectivity index (χ3n) is 2.25. The summed E-state index contributed by atoms with van der Waals surface area (Å²) in [6.45, 7) is 0. The molecule has 1 amide bonds. The van der Waals surface area contributed by atoms with Gasteiger partial charge < -0.3 is 15.2 Å². The number of methoxy groups -OCH3 is 1. The summed E-state index contributed by atoms with van der Waals surface area (Å²) in [4.78, 5) is 10.7. The van der Waals surface area contributed by atoms with Crippen LogP contribution in [0.2, 0.25) is 0 Å². The summed E-state index contributed by atoms with van der Waals surface area (Å²) < 4.78 is 9.92. The monoisotopic (exact) mass is 246 g/mol. The zero-order chi connectivity index (χ0) is 13.4. The van der Waals surface area contributed by atoms with Gasteiger partial charge in [0.15, 0.2) is 0 Å². The van der Waals surface area contributed by atoms with Crippen molar-refractivity contribution >= 4 is 6.09 Å². The highest BCUT2D eigenvalue weighted by Gasteiger charge is 2.10. The van der Waals surface area contributed by atoms with Crippen molar-refractivity contribution in [1.29, 1.82) is 5.26 Å². The number of amides is 1. The number of hydrogen-bond donors (Lipinski definition) is 1. The largest absolute Gasteiger partial charge is 0.497 e. The highest BCUT2D eigenvalue weighted by molar-refractivity contribution is 5.65. The molecule has 94 valence electrons. The third-order valence-corrected chi connectivity index (χ3v) is 2.25. The molecule has 0 bridgehead atoms. The van der Waals surface area contributed by atoms with Crippen LogP contribution in [-0.4, -0.2) is 19.3 Å². The second-order valence-corrected chi connectivity index (χ2v) is 3.52. The Labute approximate surface area is 105 Å². The van der Waals surface area contributed by atoms with E-state index >= 15 is 0 Å². The van der Waals surface area contributed by atoms with E-state index in [0.29, 0.717) is 6.42 Å². The van der Waals surface area contributed by atoms with Gasteiger partial charge >= 0.3 is 6.09 Å². The first-order valence-electron chi connectivity index (χ1n) is 5.31. The summed E-state index contributed by atoms with van der Waals surface area (Å²) in [6.07, 6.45) is 1.80. The molecule has 0 aliphatic rings. The molecule has 0 fully saturated rings. The zero-order valence-electron chi connectivity index (χ0n) is 10.00. The van der Waals surface area contributed by atoms with Crippen LogP contribution in [0.5, 0.6) is 5.75 Å². The lowest BCUT2D eigenvalue weighted by Crippen LogP contribution is -2.23. The first-order chi connectivity index (χ1) is 8.65. The molecule has 0 spiro atoms. The number of carbonyl (C=O) groups excluding carboxylic acids is 1. The Balaban J connectivity index is 2.72. The quantitative estimate of drug-likeness (QED) is 0.802. The predicted molar refractivity (Wildman–Crippen MR) is 65.9 cm³/mol. The van der Waals surface area contributed by atoms with Gasteiger partial charge in [0.1, 0.15) is 11.9 Å². The van der Waals surface area contributed by atoms with E-state index in [1.54, 1.807) is 7.11 Å². The first-order valence-corrected chi connectivity index (χ1v) is 5.31. The molecule has 0 aromatic heterocycles. The van der Waals surface area contributed by atoms with E-state index in [-0.39, 0.29) is 0 Å². The highest BCUT2D eigenvalue weighted by atomic mass is 16.6. The minimum atomic E-state index is -0.865. The molecule has 5 nitrogen and oxygen atoms in total. The number of nitriles is 1. The number of ether oxygens (including phenoxy) is 2. The molecule has 2 N–H and O–H groups in total. The normalized spacial score (nSPS) is 11.8. The number of nitrogens with zero attached hydrogens (tertiary/aromatic N) is 1. The van der Waals surface area contributed by atoms with Crippen LogP contribution in [0.25, 0.3) is 0 Å². The second-order valence-electron chi connectivity index (χ2n) is 3.52. The van der Waals surface area contributed by atoms with Gasteiger partial charge in [-0.05, 0) is 23.8 Å². The number of carbonyl (C=O) groups is 1. The molecular formula is C13H14N2O3. The van der Waals surface area contributed by atoms with Gasteiger partial charge in [0.05, 0.1) is 13.2 Å². The Morgan fingerprint density at radius 3 is 2.67 bits per heavy atom. The van der Waals surface area contributed by atoms with Crippen LogP contribution < -0.4 is 10.5 Å². The van der Waals surface area contributed by atoms with Crippen molar-refractivity contribution in [2.24, 2.45) is 5.73 Å². The van der Waals surface area contributed by atoms with Crippen molar-refractivity contribution < 1.29 is 14.3 Å². The summed E-state index contributed by atoms with van der Waals surface area (Å²) in [7, 11) is 1.59. The lowest BCUT2D eigenvalue weighted by molar-refractivity contribution is 0.129. The van der Waals surface area contributed by atoms with E-state index in [1.807, 2.05) is 30.3 Å². The molecule has 18 heavy (non-hydrogen) atoms. The van der Waals surface area contributed by atoms with Crippen LogP contribution >= 0.6 is 0 Å². The molecule has 0 radical (unpaired) electrons. The topological polar surface area (TPSA) is 85.3 Å². The zero-order valence-corrected chi connectivity index (χ0v) is 10.00. The van der Waals surface area contributed by atoms with Crippen LogP contribution in [0.4, 0.5) is 4.79 Å². The number of hydrogen-bond acceptors (Lipinski definition) is 4. The predicted octanol–water partition coefficient (Wildman–Crippen LogP) is 1.78. The molecule has 0 saturated carbocycles. The van der Waals surface area contributed by atoms with Crippen molar-refractivity contribution in [2.45, 2.75) is 12.5 Å². The minimum absolute atomic E-state index is 0.450. The molecule has 1 aromatic rings. The van der Waals surface area contributed by atoms with E-state index in [0.717, 1.165) is 11.3 Å². The fraction of sp³-hybridized carbons (Fsp3) is 0.231. The summed E-state index contributed by atoms with van der Waals surface area (Å²) in [5, 5.41) is 8.46. The van der Waals surface area contributed by atoms with Gasteiger partial charge in [0.25, 0.3) is 0 Å². The van der Waals surface area contributed by atoms with Crippen LogP contribution in [-0.2, 0) is 11.2 Å². The first kappa shape index (κ1) is 13.6. The fourth-order valence-electron chi connectivity index (χ4n) is 1.44. The SMILES string of the molecule is COc1ccc(CC(C=CC#N)OC(N)=O)cc1. The molecule has 0 aliphatic carbocycles. The summed E-state index contributed by atoms with van der Waals surface area (Å²) in [5.74, 6) is 0.749. The van der Waals surface area contributed by atoms with Crippen LogP contribution in [0.3, 0.4) is 0 Å². The van der Waals surface area contributed by atoms with Gasteiger partial charge in [-0.25, -0.2) is 4.79 Å². The Bertz CT molecular complexity index is 460. The lowest BCUT2D eigenvalue weighted by atomic mass is 10.1. The molecule has 0 saturated heterocycles. The Kier molecular flexibility index (Phi) is 5.26. The van der Waals surface area contributed by atoms with Gasteiger partial charge in [0.2, 0.25) is 0 Å². The lowest BCUT2D eigenvalue weighted by Gasteiger charge is -2.12. The van der Waals surface area contributed by atoms with Gasteiger partial charge in [-0.2, -0.15) is 5.26 Å². The summed E-state index contributed by atoms with van der Waals surface area (Å²) in [6, 6.07) is 9.18. The number of rotatable bonds is 5. The van der Waals surface area contributed by atoms with E-state index in [1.165, 1.54) is 12.2 Å². The Hall–Kier alpha value is -2.48. The van der Waals surface area contributed by atoms with Crippen molar-refractivity contribution in [3.8, 4) is 11.8 Å². The van der Waals surface area contributed by atoms with Gasteiger partial charge in [-0.15, -0.1) is 0 Å². The second kappa shape index (κ2) is 6.97. The highest BCUT2D eigenvalue weighted by Crippen LogP contribution is 2.14. The number of primary amides is 1. The standard InChI is InChI=1S/C13H14N2O3/c1-17-11-6-4-10(5-7-11)9-12(3-2-8-14)18-13(15)16/h2-7,12H,9H2,1H3,(H2,15,16). The molecule has 1 atom stereocenters. The van der Waals surface area contributed by atoms with E-state index < -0.39 is 12.2 Å². The van der Waals surface area contributed by atoms with Crippen molar-refractivity contribution in [3.63, 3.8) is 0 Å². The average molecular weight is 246 g/mol. The number of allylic oxidation sites excluding steroid dienone is 1. The molecule has 1 rings (SSSR count). The average Bonchev–Trinajstić information content (AvgIpc) is 2.36. The molecule has 1 unspecified atom stereocenters. The van der Waals surface area contributed by atoms with Crippen LogP contribution in [0.1, 0.15) is 5.56 Å². The van der Waals surface area contributed by atoms with Crippen molar-refractivity contribution in [1.82, 2.24) is 0 Å². The molecule has 1 aromatic carbocycles. The fourth-order valence-corrected chi connectivity index (χ4v) is 1.44. The van der Waals surface area contributed by atoms with Crippen molar-refractivity contribution in [2.75, 3.05) is 7.11 Å². The maximum Gasteiger partial charge on any atom is 0.405 e. The van der Waals surface area contributed by atoms with E-state index in [9.17, 15) is 4.79 Å². The van der Waals surface area contributed by atoms with Gasteiger partial charge in [0, 0.05) is 12.5 Å². The molecular weight excluding hydrogens is 232 g/mol. The maximum atomic E-state index is 10.7. The summed E-state index contributed by atoms with van der Waals surface area (Å²) >= 11 is 0. The van der Waals surface area contributed by atoms with Crippen LogP contribution in [0, 0.1) is 11.3 Å². The van der Waals surface area contributed by atoms with Crippen LogP contribution in [0.15, 0.2) is 36.4 Å². The summed E-state index contributed by atoms with van der Waals surface area (Å²) in [5.41, 5.74) is 5.92. The van der Waals surface area contributed by atoms with E-state index in [4.69, 9.17) is 20.5 Å². The van der Waals surface area contributed by atoms with Crippen molar-refractivity contribution in [3.05, 3.63) is 42.0 Å². The van der Waals surface area contributed by atoms with Gasteiger partial charge in [-0.1, -0.05) is 12.1 Å². The third kappa shape index (κ3) is 4.58. The molecule has 5 heteroatoms.